The zero-order valence-corrected chi connectivity index (χ0v) is 20.2. The Balaban J connectivity index is 1.92. The molecule has 1 aromatic heterocycles. The number of aromatic nitrogens is 2. The van der Waals surface area contributed by atoms with Crippen LogP contribution in [0, 0.1) is 0 Å². The van der Waals surface area contributed by atoms with Crippen LogP contribution in [-0.2, 0) is 17.8 Å². The van der Waals surface area contributed by atoms with Crippen LogP contribution in [0.2, 0.25) is 20.2 Å². The van der Waals surface area contributed by atoms with Crippen molar-refractivity contribution in [1.82, 2.24) is 9.97 Å². The number of carboxylic acid groups (broad SMARTS) is 2. The number of ether oxygens (including phenoxy) is 1. The van der Waals surface area contributed by atoms with Crippen molar-refractivity contribution in [3.63, 3.8) is 0 Å². The summed E-state index contributed by atoms with van der Waals surface area (Å²) in [6.07, 6.45) is 1.42. The van der Waals surface area contributed by atoms with Gasteiger partial charge in [0.2, 0.25) is 0 Å². The minimum Gasteiger partial charge on any atom is -0.486 e. The van der Waals surface area contributed by atoms with E-state index in [-0.39, 0.29) is 49.4 Å². The van der Waals surface area contributed by atoms with Gasteiger partial charge in [-0.3, -0.25) is 4.79 Å². The van der Waals surface area contributed by atoms with Crippen molar-refractivity contribution in [3.8, 4) is 5.75 Å². The lowest BCUT2D eigenvalue weighted by molar-refractivity contribution is -0.137. The number of aromatic amines is 1. The first-order chi connectivity index (χ1) is 15.6. The number of hydrogen-bond donors (Lipinski definition) is 3. The number of hydrogen-bond acceptors (Lipinski definition) is 4. The molecule has 1 atom stereocenters. The molecule has 0 aliphatic heterocycles. The van der Waals surface area contributed by atoms with Gasteiger partial charge in [-0.2, -0.15) is 0 Å². The zero-order chi connectivity index (χ0) is 24.3. The Morgan fingerprint density at radius 1 is 1.09 bits per heavy atom. The van der Waals surface area contributed by atoms with Gasteiger partial charge in [-0.05, 0) is 36.2 Å². The average molecular weight is 532 g/mol. The Bertz CT molecular complexity index is 1190. The van der Waals surface area contributed by atoms with E-state index in [1.165, 1.54) is 30.3 Å². The van der Waals surface area contributed by atoms with Gasteiger partial charge in [0.1, 0.15) is 18.3 Å². The quantitative estimate of drug-likeness (QED) is 0.291. The number of aryl methyl sites for hydroxylation is 1. The Morgan fingerprint density at radius 3 is 2.33 bits per heavy atom. The van der Waals surface area contributed by atoms with E-state index < -0.39 is 17.9 Å². The molecule has 0 aliphatic carbocycles. The molecule has 0 bridgehead atoms. The highest BCUT2D eigenvalue weighted by molar-refractivity contribution is 6.37. The van der Waals surface area contributed by atoms with Gasteiger partial charge < -0.3 is 19.9 Å². The molecule has 11 heteroatoms. The number of aliphatic carboxylic acids is 1. The van der Waals surface area contributed by atoms with Crippen molar-refractivity contribution in [2.24, 2.45) is 0 Å². The maximum absolute atomic E-state index is 12.1. The summed E-state index contributed by atoms with van der Waals surface area (Å²) >= 11 is 24.8. The minimum absolute atomic E-state index is 0.0194. The number of halogens is 4. The van der Waals surface area contributed by atoms with E-state index in [1.807, 2.05) is 6.92 Å². The van der Waals surface area contributed by atoms with Crippen LogP contribution in [0.3, 0.4) is 0 Å². The normalized spacial score (nSPS) is 11.9. The third-order valence-corrected chi connectivity index (χ3v) is 5.87. The Morgan fingerprint density at radius 2 is 1.76 bits per heavy atom. The van der Waals surface area contributed by atoms with Gasteiger partial charge in [0, 0.05) is 17.0 Å². The molecule has 1 heterocycles. The molecule has 33 heavy (non-hydrogen) atoms. The maximum atomic E-state index is 12.1. The van der Waals surface area contributed by atoms with E-state index in [2.05, 4.69) is 9.97 Å². The van der Waals surface area contributed by atoms with Gasteiger partial charge in [-0.25, -0.2) is 9.78 Å². The standard InChI is InChI=1S/C22H18Cl4N2O5/c1-2-3-16-27-18(20(26)28-16)17(22(31)32)11-6-14(24)19(15(25)7-11)33-9-10-4-5-12(23)8-13(10)21(29)30/h4-8,17H,2-3,9H2,1H3,(H,27,28)(H,29,30)(H,31,32). The molecule has 3 rings (SSSR count). The van der Waals surface area contributed by atoms with Crippen LogP contribution in [-0.4, -0.2) is 32.1 Å². The van der Waals surface area contributed by atoms with E-state index in [9.17, 15) is 19.8 Å². The van der Waals surface area contributed by atoms with Crippen molar-refractivity contribution in [1.29, 1.82) is 0 Å². The van der Waals surface area contributed by atoms with Crippen LogP contribution in [0.4, 0.5) is 0 Å². The summed E-state index contributed by atoms with van der Waals surface area (Å²) in [5.74, 6) is -2.85. The first-order valence-electron chi connectivity index (χ1n) is 9.72. The number of nitrogens with zero attached hydrogens (tertiary/aromatic N) is 1. The molecular weight excluding hydrogens is 514 g/mol. The maximum Gasteiger partial charge on any atom is 0.336 e. The van der Waals surface area contributed by atoms with Crippen LogP contribution in [0.25, 0.3) is 0 Å². The van der Waals surface area contributed by atoms with Crippen LogP contribution in [0.15, 0.2) is 30.3 Å². The highest BCUT2D eigenvalue weighted by Gasteiger charge is 2.29. The molecule has 0 radical (unpaired) electrons. The van der Waals surface area contributed by atoms with Gasteiger partial charge in [0.15, 0.2) is 10.9 Å². The Hall–Kier alpha value is -2.45. The molecule has 1 unspecified atom stereocenters. The average Bonchev–Trinajstić information content (AvgIpc) is 3.08. The zero-order valence-electron chi connectivity index (χ0n) is 17.2. The highest BCUT2D eigenvalue weighted by Crippen LogP contribution is 2.39. The van der Waals surface area contributed by atoms with Crippen molar-refractivity contribution in [2.75, 3.05) is 0 Å². The van der Waals surface area contributed by atoms with Gasteiger partial charge in [0.25, 0.3) is 0 Å². The first kappa shape index (κ1) is 25.2. The Kier molecular flexibility index (Phi) is 8.13. The number of aromatic carboxylic acids is 1. The fourth-order valence-electron chi connectivity index (χ4n) is 3.30. The van der Waals surface area contributed by atoms with Gasteiger partial charge in [-0.15, -0.1) is 0 Å². The lowest BCUT2D eigenvalue weighted by Gasteiger charge is -2.16. The summed E-state index contributed by atoms with van der Waals surface area (Å²) in [5, 5.41) is 19.7. The predicted molar refractivity (Wildman–Crippen MR) is 126 cm³/mol. The summed E-state index contributed by atoms with van der Waals surface area (Å²) in [5.41, 5.74) is 0.838. The Labute approximate surface area is 209 Å². The minimum atomic E-state index is -1.19. The molecule has 0 fully saturated rings. The number of rotatable bonds is 9. The van der Waals surface area contributed by atoms with Crippen LogP contribution < -0.4 is 4.74 Å². The second-order valence-corrected chi connectivity index (χ2v) is 8.73. The summed E-state index contributed by atoms with van der Waals surface area (Å²) in [6, 6.07) is 7.21. The van der Waals surface area contributed by atoms with Gasteiger partial charge >= 0.3 is 11.9 Å². The summed E-state index contributed by atoms with van der Waals surface area (Å²) in [6.45, 7) is 1.82. The first-order valence-corrected chi connectivity index (χ1v) is 11.2. The molecule has 0 amide bonds. The molecule has 174 valence electrons. The lowest BCUT2D eigenvalue weighted by Crippen LogP contribution is -2.14. The third-order valence-electron chi connectivity index (χ3n) is 4.79. The number of H-pyrrole nitrogens is 1. The van der Waals surface area contributed by atoms with Crippen LogP contribution in [0.1, 0.15) is 52.3 Å². The summed E-state index contributed by atoms with van der Waals surface area (Å²) < 4.78 is 5.68. The number of benzene rings is 2. The second-order valence-electron chi connectivity index (χ2n) is 7.12. The fourth-order valence-corrected chi connectivity index (χ4v) is 4.34. The van der Waals surface area contributed by atoms with Crippen molar-refractivity contribution < 1.29 is 24.5 Å². The molecule has 0 aliphatic rings. The van der Waals surface area contributed by atoms with Crippen molar-refractivity contribution in [2.45, 2.75) is 32.3 Å². The number of carboxylic acids is 2. The fraction of sp³-hybridized carbons (Fsp3) is 0.227. The topological polar surface area (TPSA) is 113 Å². The van der Waals surface area contributed by atoms with Crippen molar-refractivity contribution >= 4 is 58.3 Å². The SMILES string of the molecule is CCCc1nc(Cl)c(C(C(=O)O)c2cc(Cl)c(OCc3ccc(Cl)cc3C(=O)O)c(Cl)c2)[nH]1. The van der Waals surface area contributed by atoms with Crippen LogP contribution in [0.5, 0.6) is 5.75 Å². The molecule has 3 N–H and O–H groups in total. The molecule has 2 aromatic carbocycles. The smallest absolute Gasteiger partial charge is 0.336 e. The third kappa shape index (κ3) is 5.73. The molecule has 7 nitrogen and oxygen atoms in total. The van der Waals surface area contributed by atoms with Crippen LogP contribution >= 0.6 is 46.4 Å². The summed E-state index contributed by atoms with van der Waals surface area (Å²) in [4.78, 5) is 30.7. The number of imidazole rings is 1. The number of nitrogens with one attached hydrogen (secondary N) is 1. The summed E-state index contributed by atoms with van der Waals surface area (Å²) in [7, 11) is 0. The van der Waals surface area contributed by atoms with E-state index in [0.717, 1.165) is 6.42 Å². The van der Waals surface area contributed by atoms with E-state index in [1.54, 1.807) is 0 Å². The second kappa shape index (κ2) is 10.7. The molecule has 0 spiro atoms. The van der Waals surface area contributed by atoms with E-state index >= 15 is 0 Å². The highest BCUT2D eigenvalue weighted by atomic mass is 35.5. The number of carbonyl (C=O) groups is 2. The van der Waals surface area contributed by atoms with Crippen molar-refractivity contribution in [3.05, 3.63) is 78.8 Å². The molecule has 0 saturated heterocycles. The monoisotopic (exact) mass is 530 g/mol. The van der Waals surface area contributed by atoms with Gasteiger partial charge in [-0.1, -0.05) is 59.4 Å². The molecule has 3 aromatic rings. The van der Waals surface area contributed by atoms with E-state index in [0.29, 0.717) is 17.8 Å². The molecular formula is C22H18Cl4N2O5. The van der Waals surface area contributed by atoms with Gasteiger partial charge in [0.05, 0.1) is 21.3 Å². The molecule has 0 saturated carbocycles. The van der Waals surface area contributed by atoms with E-state index in [4.69, 9.17) is 51.1 Å². The predicted octanol–water partition coefficient (Wildman–Crippen LogP) is 6.47. The lowest BCUT2D eigenvalue weighted by atomic mass is 9.96. The largest absolute Gasteiger partial charge is 0.486 e.